The van der Waals surface area contributed by atoms with E-state index in [9.17, 15) is 9.18 Å². The van der Waals surface area contributed by atoms with Gasteiger partial charge in [-0.25, -0.2) is 9.18 Å². The summed E-state index contributed by atoms with van der Waals surface area (Å²) in [6, 6.07) is 5.63. The van der Waals surface area contributed by atoms with E-state index in [4.69, 9.17) is 0 Å². The molecule has 0 aliphatic carbocycles. The first-order chi connectivity index (χ1) is 7.70. The second-order valence-corrected chi connectivity index (χ2v) is 4.30. The van der Waals surface area contributed by atoms with Crippen LogP contribution in [0.15, 0.2) is 29.3 Å². The van der Waals surface area contributed by atoms with Gasteiger partial charge in [0.1, 0.15) is 5.82 Å². The Morgan fingerprint density at radius 3 is 2.81 bits per heavy atom. The first kappa shape index (κ1) is 11.1. The molecule has 3 nitrogen and oxygen atoms in total. The molecule has 0 aromatic heterocycles. The number of rotatable bonds is 2. The van der Waals surface area contributed by atoms with Crippen molar-refractivity contribution >= 4 is 22.8 Å². The smallest absolute Gasteiger partial charge is 0.331 e. The number of thioether (sulfide) groups is 1. The Morgan fingerprint density at radius 1 is 1.50 bits per heavy atom. The lowest BCUT2D eigenvalue weighted by Gasteiger charge is -2.00. The third-order valence-electron chi connectivity index (χ3n) is 2.22. The van der Waals surface area contributed by atoms with Gasteiger partial charge in [0.15, 0.2) is 6.04 Å². The molecule has 16 heavy (non-hydrogen) atoms. The van der Waals surface area contributed by atoms with Crippen LogP contribution in [0, 0.1) is 5.82 Å². The van der Waals surface area contributed by atoms with Crippen molar-refractivity contribution in [3.8, 4) is 0 Å². The molecule has 1 aromatic rings. The molecule has 5 heteroatoms. The van der Waals surface area contributed by atoms with Crippen LogP contribution in [0.1, 0.15) is 5.56 Å². The van der Waals surface area contributed by atoms with Gasteiger partial charge in [-0.2, -0.15) is 0 Å². The third-order valence-corrected chi connectivity index (χ3v) is 3.31. The highest BCUT2D eigenvalue weighted by Gasteiger charge is 2.26. The molecule has 1 atom stereocenters. The van der Waals surface area contributed by atoms with Crippen molar-refractivity contribution in [1.29, 1.82) is 0 Å². The molecular weight excluding hydrogens is 229 g/mol. The highest BCUT2D eigenvalue weighted by Crippen LogP contribution is 2.24. The molecule has 0 saturated heterocycles. The molecule has 0 saturated carbocycles. The number of carbonyl (C=O) groups excluding carboxylic acids is 1. The molecule has 0 N–H and O–H groups in total. The Hall–Kier alpha value is -1.36. The summed E-state index contributed by atoms with van der Waals surface area (Å²) in [6.07, 6.45) is 0. The Labute approximate surface area is 96.7 Å². The number of hydrogen-bond donors (Lipinski definition) is 0. The number of ether oxygens (including phenoxy) is 1. The molecule has 0 bridgehead atoms. The summed E-state index contributed by atoms with van der Waals surface area (Å²) in [4.78, 5) is 15.5. The first-order valence-electron chi connectivity index (χ1n) is 4.75. The summed E-state index contributed by atoms with van der Waals surface area (Å²) in [6.45, 7) is 0. The van der Waals surface area contributed by atoms with Crippen LogP contribution in [-0.2, 0) is 9.53 Å². The third kappa shape index (κ3) is 2.24. The van der Waals surface area contributed by atoms with Crippen LogP contribution in [0.25, 0.3) is 0 Å². The Balaban J connectivity index is 2.17. The minimum Gasteiger partial charge on any atom is -0.467 e. The largest absolute Gasteiger partial charge is 0.467 e. The van der Waals surface area contributed by atoms with Crippen LogP contribution in [0.4, 0.5) is 4.39 Å². The number of hydrogen-bond acceptors (Lipinski definition) is 4. The van der Waals surface area contributed by atoms with Gasteiger partial charge < -0.3 is 4.74 Å². The maximum Gasteiger partial charge on any atom is 0.331 e. The van der Waals surface area contributed by atoms with Gasteiger partial charge in [-0.1, -0.05) is 0 Å². The van der Waals surface area contributed by atoms with Crippen LogP contribution < -0.4 is 0 Å². The van der Waals surface area contributed by atoms with Gasteiger partial charge in [0.05, 0.1) is 12.2 Å². The molecule has 1 aliphatic heterocycles. The number of esters is 1. The summed E-state index contributed by atoms with van der Waals surface area (Å²) >= 11 is 1.48. The fraction of sp³-hybridized carbons (Fsp3) is 0.273. The van der Waals surface area contributed by atoms with Crippen molar-refractivity contribution in [2.24, 2.45) is 4.99 Å². The van der Waals surface area contributed by atoms with Crippen molar-refractivity contribution in [2.45, 2.75) is 6.04 Å². The lowest BCUT2D eigenvalue weighted by Crippen LogP contribution is -2.19. The van der Waals surface area contributed by atoms with Gasteiger partial charge in [0, 0.05) is 11.3 Å². The lowest BCUT2D eigenvalue weighted by molar-refractivity contribution is -0.141. The van der Waals surface area contributed by atoms with Crippen LogP contribution in [0.3, 0.4) is 0 Å². The number of halogens is 1. The van der Waals surface area contributed by atoms with Gasteiger partial charge in [-0.3, -0.25) is 4.99 Å². The predicted molar refractivity (Wildman–Crippen MR) is 61.2 cm³/mol. The number of benzene rings is 1. The molecule has 84 valence electrons. The van der Waals surface area contributed by atoms with E-state index in [1.54, 1.807) is 12.1 Å². The summed E-state index contributed by atoms with van der Waals surface area (Å²) in [5, 5.41) is 0.760. The van der Waals surface area contributed by atoms with Gasteiger partial charge in [-0.05, 0) is 24.3 Å². The Bertz CT molecular complexity index is 430. The quantitative estimate of drug-likeness (QED) is 0.739. The van der Waals surface area contributed by atoms with Gasteiger partial charge in [0.25, 0.3) is 0 Å². The van der Waals surface area contributed by atoms with Crippen LogP contribution in [0.2, 0.25) is 0 Å². The van der Waals surface area contributed by atoms with Gasteiger partial charge >= 0.3 is 5.97 Å². The lowest BCUT2D eigenvalue weighted by atomic mass is 10.2. The van der Waals surface area contributed by atoms with Gasteiger partial charge in [-0.15, -0.1) is 11.8 Å². The molecule has 1 aromatic carbocycles. The monoisotopic (exact) mass is 239 g/mol. The fourth-order valence-corrected chi connectivity index (χ4v) is 2.41. The van der Waals surface area contributed by atoms with Crippen molar-refractivity contribution in [3.63, 3.8) is 0 Å². The molecule has 0 fully saturated rings. The molecule has 0 unspecified atom stereocenters. The first-order valence-corrected chi connectivity index (χ1v) is 5.73. The summed E-state index contributed by atoms with van der Waals surface area (Å²) in [7, 11) is 1.35. The van der Waals surface area contributed by atoms with E-state index in [1.807, 2.05) is 0 Å². The molecule has 2 rings (SSSR count). The van der Waals surface area contributed by atoms with Crippen molar-refractivity contribution in [1.82, 2.24) is 0 Å². The molecule has 1 aliphatic rings. The van der Waals surface area contributed by atoms with E-state index >= 15 is 0 Å². The zero-order valence-electron chi connectivity index (χ0n) is 8.64. The van der Waals surface area contributed by atoms with Crippen LogP contribution in [0.5, 0.6) is 0 Å². The number of nitrogens with zero attached hydrogens (tertiary/aromatic N) is 1. The second-order valence-electron chi connectivity index (χ2n) is 3.29. The highest BCUT2D eigenvalue weighted by atomic mass is 32.2. The average molecular weight is 239 g/mol. The van der Waals surface area contributed by atoms with Crippen LogP contribution in [-0.4, -0.2) is 29.9 Å². The maximum atomic E-state index is 12.7. The van der Waals surface area contributed by atoms with E-state index in [2.05, 4.69) is 9.73 Å². The zero-order valence-corrected chi connectivity index (χ0v) is 9.46. The van der Waals surface area contributed by atoms with Crippen LogP contribution >= 0.6 is 11.8 Å². The second kappa shape index (κ2) is 4.65. The summed E-state index contributed by atoms with van der Waals surface area (Å²) in [5.41, 5.74) is 0.831. The molecular formula is C11H10FNO2S. The standard InChI is InChI=1S/C11H10FNO2S/c1-15-11(14)9-6-16-10(13-9)7-2-4-8(12)5-3-7/h2-5,9H,6H2,1H3/t9-/m1/s1. The Morgan fingerprint density at radius 2 is 2.19 bits per heavy atom. The van der Waals surface area contributed by atoms with Crippen molar-refractivity contribution < 1.29 is 13.9 Å². The average Bonchev–Trinajstić information content (AvgIpc) is 2.78. The van der Waals surface area contributed by atoms with Gasteiger partial charge in [0.2, 0.25) is 0 Å². The Kier molecular flexibility index (Phi) is 3.24. The fourth-order valence-electron chi connectivity index (χ4n) is 1.38. The number of aliphatic imine (C=N–C) groups is 1. The summed E-state index contributed by atoms with van der Waals surface area (Å²) < 4.78 is 17.3. The minimum atomic E-state index is -0.435. The van der Waals surface area contributed by atoms with E-state index in [-0.39, 0.29) is 11.8 Å². The molecule has 1 heterocycles. The summed E-state index contributed by atoms with van der Waals surface area (Å²) in [5.74, 6) is -0.0270. The zero-order chi connectivity index (χ0) is 11.5. The van der Waals surface area contributed by atoms with E-state index in [0.29, 0.717) is 5.75 Å². The van der Waals surface area contributed by atoms with E-state index in [1.165, 1.54) is 31.0 Å². The van der Waals surface area contributed by atoms with Crippen molar-refractivity contribution in [2.75, 3.05) is 12.9 Å². The minimum absolute atomic E-state index is 0.281. The SMILES string of the molecule is COC(=O)[C@H]1CSC(c2ccc(F)cc2)=N1. The molecule has 0 amide bonds. The normalized spacial score (nSPS) is 19.4. The number of carbonyl (C=O) groups is 1. The maximum absolute atomic E-state index is 12.7. The topological polar surface area (TPSA) is 38.7 Å². The molecule has 0 spiro atoms. The van der Waals surface area contributed by atoms with Crippen molar-refractivity contribution in [3.05, 3.63) is 35.6 Å². The van der Waals surface area contributed by atoms with E-state index < -0.39 is 6.04 Å². The van der Waals surface area contributed by atoms with E-state index in [0.717, 1.165) is 10.6 Å². The molecule has 0 radical (unpaired) electrons. The number of methoxy groups -OCH3 is 1. The highest BCUT2D eigenvalue weighted by molar-refractivity contribution is 8.14. The predicted octanol–water partition coefficient (Wildman–Crippen LogP) is 1.86.